The molecule has 30 heavy (non-hydrogen) atoms. The smallest absolute Gasteiger partial charge is 0.230 e. The molecule has 1 amide bonds. The van der Waals surface area contributed by atoms with E-state index in [0.717, 1.165) is 22.4 Å². The van der Waals surface area contributed by atoms with Crippen LogP contribution >= 0.6 is 0 Å². The van der Waals surface area contributed by atoms with Crippen LogP contribution in [0.5, 0.6) is 0 Å². The SMILES string of the molecule is Cc1ccc(CN2C(=O)CC3(c4ccc(CO)cc4)C2=NC=Nc2nc[nH]c23)cc1. The van der Waals surface area contributed by atoms with Gasteiger partial charge in [0.05, 0.1) is 25.2 Å². The normalized spacial score (nSPS) is 20.0. The molecule has 2 aromatic carbocycles. The number of likely N-dealkylation sites (tertiary alicyclic amines) is 1. The van der Waals surface area contributed by atoms with E-state index in [1.54, 1.807) is 11.2 Å². The fraction of sp³-hybridized carbons (Fsp3) is 0.217. The number of hydrogen-bond donors (Lipinski definition) is 2. The van der Waals surface area contributed by atoms with E-state index in [4.69, 9.17) is 0 Å². The highest BCUT2D eigenvalue weighted by atomic mass is 16.3. The zero-order chi connectivity index (χ0) is 20.7. The van der Waals surface area contributed by atoms with Gasteiger partial charge in [-0.3, -0.25) is 9.69 Å². The average molecular weight is 399 g/mol. The number of rotatable bonds is 4. The number of aromatic amines is 1. The van der Waals surface area contributed by atoms with Gasteiger partial charge in [-0.15, -0.1) is 0 Å². The number of aryl methyl sites for hydroxylation is 1. The number of hydrogen-bond acceptors (Lipinski definition) is 5. The summed E-state index contributed by atoms with van der Waals surface area (Å²) in [4.78, 5) is 31.6. The van der Waals surface area contributed by atoms with Crippen molar-refractivity contribution in [2.24, 2.45) is 9.98 Å². The maximum atomic E-state index is 13.3. The zero-order valence-electron chi connectivity index (χ0n) is 16.5. The lowest BCUT2D eigenvalue weighted by atomic mass is 9.75. The van der Waals surface area contributed by atoms with Crippen molar-refractivity contribution in [3.05, 3.63) is 82.8 Å². The third-order valence-electron chi connectivity index (χ3n) is 5.85. The highest BCUT2D eigenvalue weighted by molar-refractivity contribution is 6.16. The average Bonchev–Trinajstić information content (AvgIpc) is 3.30. The van der Waals surface area contributed by atoms with Crippen LogP contribution in [-0.4, -0.2) is 38.1 Å². The van der Waals surface area contributed by atoms with Gasteiger partial charge in [0.15, 0.2) is 5.82 Å². The summed E-state index contributed by atoms with van der Waals surface area (Å²) in [6.45, 7) is 2.44. The van der Waals surface area contributed by atoms with Crippen molar-refractivity contribution >= 4 is 23.9 Å². The van der Waals surface area contributed by atoms with Crippen LogP contribution < -0.4 is 0 Å². The fourth-order valence-electron chi connectivity index (χ4n) is 4.28. The number of fused-ring (bicyclic) bond motifs is 3. The quantitative estimate of drug-likeness (QED) is 0.706. The van der Waals surface area contributed by atoms with E-state index in [2.05, 4.69) is 20.0 Å². The summed E-state index contributed by atoms with van der Waals surface area (Å²) in [5.74, 6) is 1.16. The topological polar surface area (TPSA) is 93.9 Å². The van der Waals surface area contributed by atoms with Crippen molar-refractivity contribution in [2.75, 3.05) is 0 Å². The van der Waals surface area contributed by atoms with Gasteiger partial charge in [0.1, 0.15) is 17.6 Å². The molecule has 3 aromatic rings. The second kappa shape index (κ2) is 7.03. The number of carbonyl (C=O) groups is 1. The van der Waals surface area contributed by atoms with Gasteiger partial charge in [0.2, 0.25) is 5.91 Å². The van der Waals surface area contributed by atoms with Crippen LogP contribution in [0.1, 0.15) is 34.4 Å². The van der Waals surface area contributed by atoms with Crippen molar-refractivity contribution < 1.29 is 9.90 Å². The molecule has 5 rings (SSSR count). The molecule has 0 aliphatic carbocycles. The number of aliphatic hydroxyl groups is 1. The molecule has 7 heteroatoms. The Morgan fingerprint density at radius 2 is 1.83 bits per heavy atom. The predicted octanol–water partition coefficient (Wildman–Crippen LogP) is 3.00. The Kier molecular flexibility index (Phi) is 4.33. The van der Waals surface area contributed by atoms with Crippen LogP contribution in [0.25, 0.3) is 0 Å². The first kappa shape index (κ1) is 18.4. The van der Waals surface area contributed by atoms with E-state index in [9.17, 15) is 9.90 Å². The van der Waals surface area contributed by atoms with Gasteiger partial charge >= 0.3 is 0 Å². The largest absolute Gasteiger partial charge is 0.392 e. The minimum atomic E-state index is -0.807. The molecule has 150 valence electrons. The van der Waals surface area contributed by atoms with E-state index in [1.165, 1.54) is 11.9 Å². The van der Waals surface area contributed by atoms with Crippen LogP contribution in [0.4, 0.5) is 5.82 Å². The molecule has 1 saturated heterocycles. The van der Waals surface area contributed by atoms with Crippen LogP contribution in [-0.2, 0) is 23.4 Å². The first-order valence-electron chi connectivity index (χ1n) is 9.82. The molecule has 1 atom stereocenters. The summed E-state index contributed by atoms with van der Waals surface area (Å²) in [6, 6.07) is 15.8. The molecule has 0 spiro atoms. The highest BCUT2D eigenvalue weighted by Crippen LogP contribution is 2.46. The minimum absolute atomic E-state index is 0.00332. The highest BCUT2D eigenvalue weighted by Gasteiger charge is 2.54. The lowest BCUT2D eigenvalue weighted by molar-refractivity contribution is -0.126. The van der Waals surface area contributed by atoms with E-state index in [0.29, 0.717) is 18.2 Å². The fourth-order valence-corrected chi connectivity index (χ4v) is 4.28. The molecule has 0 bridgehead atoms. The number of H-pyrrole nitrogens is 1. The number of benzene rings is 2. The number of amidine groups is 1. The number of carbonyl (C=O) groups excluding carboxylic acids is 1. The molecule has 2 aliphatic rings. The summed E-state index contributed by atoms with van der Waals surface area (Å²) < 4.78 is 0. The second-order valence-electron chi connectivity index (χ2n) is 7.70. The van der Waals surface area contributed by atoms with Gasteiger partial charge in [-0.1, -0.05) is 54.1 Å². The van der Waals surface area contributed by atoms with Crippen molar-refractivity contribution in [2.45, 2.75) is 31.9 Å². The van der Waals surface area contributed by atoms with Gasteiger partial charge in [0, 0.05) is 6.42 Å². The summed E-state index contributed by atoms with van der Waals surface area (Å²) in [6.07, 6.45) is 3.30. The van der Waals surface area contributed by atoms with Gasteiger partial charge in [0.25, 0.3) is 0 Å². The van der Waals surface area contributed by atoms with Crippen LogP contribution in [0.2, 0.25) is 0 Å². The van der Waals surface area contributed by atoms with E-state index >= 15 is 0 Å². The Balaban J connectivity index is 1.65. The van der Waals surface area contributed by atoms with Gasteiger partial charge in [-0.05, 0) is 23.6 Å². The van der Waals surface area contributed by atoms with Crippen LogP contribution in [0.15, 0.2) is 64.8 Å². The van der Waals surface area contributed by atoms with Crippen molar-refractivity contribution in [1.29, 1.82) is 0 Å². The van der Waals surface area contributed by atoms with E-state index in [-0.39, 0.29) is 18.9 Å². The van der Waals surface area contributed by atoms with Gasteiger partial charge < -0.3 is 10.1 Å². The summed E-state index contributed by atoms with van der Waals surface area (Å²) in [7, 11) is 0. The summed E-state index contributed by atoms with van der Waals surface area (Å²) in [5, 5.41) is 9.44. The molecule has 1 aromatic heterocycles. The molecule has 0 radical (unpaired) electrons. The Labute approximate surface area is 173 Å². The molecule has 3 heterocycles. The number of amides is 1. The van der Waals surface area contributed by atoms with E-state index in [1.807, 2.05) is 55.5 Å². The maximum Gasteiger partial charge on any atom is 0.230 e. The number of aliphatic imine (C=N–C) groups is 2. The van der Waals surface area contributed by atoms with Crippen LogP contribution in [0.3, 0.4) is 0 Å². The number of nitrogens with one attached hydrogen (secondary N) is 1. The summed E-state index contributed by atoms with van der Waals surface area (Å²) >= 11 is 0. The monoisotopic (exact) mass is 399 g/mol. The van der Waals surface area contributed by atoms with Crippen molar-refractivity contribution in [3.8, 4) is 0 Å². The first-order valence-corrected chi connectivity index (χ1v) is 9.82. The number of aliphatic hydroxyl groups excluding tert-OH is 1. The Morgan fingerprint density at radius 1 is 1.10 bits per heavy atom. The zero-order valence-corrected chi connectivity index (χ0v) is 16.5. The second-order valence-corrected chi connectivity index (χ2v) is 7.70. The Bertz CT molecular complexity index is 1160. The van der Waals surface area contributed by atoms with Crippen LogP contribution in [0, 0.1) is 6.92 Å². The minimum Gasteiger partial charge on any atom is -0.392 e. The van der Waals surface area contributed by atoms with Gasteiger partial charge in [-0.2, -0.15) is 0 Å². The Morgan fingerprint density at radius 3 is 2.57 bits per heavy atom. The van der Waals surface area contributed by atoms with Gasteiger partial charge in [-0.25, -0.2) is 15.0 Å². The maximum absolute atomic E-state index is 13.3. The Hall–Kier alpha value is -3.58. The molecule has 1 fully saturated rings. The lowest BCUT2D eigenvalue weighted by Crippen LogP contribution is -2.39. The summed E-state index contributed by atoms with van der Waals surface area (Å²) in [5.41, 5.74) is 3.88. The van der Waals surface area contributed by atoms with Crippen molar-refractivity contribution in [3.63, 3.8) is 0 Å². The number of nitrogens with zero attached hydrogens (tertiary/aromatic N) is 4. The molecule has 2 N–H and O–H groups in total. The molecular formula is C23H21N5O2. The third-order valence-corrected chi connectivity index (χ3v) is 5.85. The number of aromatic nitrogens is 2. The molecule has 0 saturated carbocycles. The third kappa shape index (κ3) is 2.78. The number of imidazole rings is 1. The standard InChI is InChI=1S/C23H21N5O2/c1-15-2-4-16(5-3-15)11-28-19(30)10-23(18-8-6-17(12-29)7-9-18)20-21(25-13-24-20)26-14-27-22(23)28/h2-9,13-14,29H,10-12H2,1H3,(H,24,25). The molecule has 1 unspecified atom stereocenters. The predicted molar refractivity (Wildman–Crippen MR) is 114 cm³/mol. The van der Waals surface area contributed by atoms with E-state index < -0.39 is 5.41 Å². The molecule has 7 nitrogen and oxygen atoms in total. The molecular weight excluding hydrogens is 378 g/mol. The first-order chi connectivity index (χ1) is 14.6. The lowest BCUT2D eigenvalue weighted by Gasteiger charge is -2.29. The van der Waals surface area contributed by atoms with Crippen molar-refractivity contribution in [1.82, 2.24) is 14.9 Å². The molecule has 2 aliphatic heterocycles.